The van der Waals surface area contributed by atoms with Gasteiger partial charge in [0, 0.05) is 18.3 Å². The Morgan fingerprint density at radius 3 is 2.70 bits per heavy atom. The van der Waals surface area contributed by atoms with E-state index in [4.69, 9.17) is 0 Å². The maximum absolute atomic E-state index is 13.7. The van der Waals surface area contributed by atoms with Gasteiger partial charge >= 0.3 is 0 Å². The van der Waals surface area contributed by atoms with Crippen molar-refractivity contribution in [2.24, 2.45) is 7.05 Å². The van der Waals surface area contributed by atoms with Gasteiger partial charge < -0.3 is 5.32 Å². The van der Waals surface area contributed by atoms with Crippen molar-refractivity contribution in [3.8, 4) is 0 Å². The number of hydrogen-bond acceptors (Lipinski definition) is 2. The highest BCUT2D eigenvalue weighted by Gasteiger charge is 2.17. The van der Waals surface area contributed by atoms with Gasteiger partial charge in [-0.05, 0) is 32.9 Å². The van der Waals surface area contributed by atoms with Crippen molar-refractivity contribution >= 4 is 5.91 Å². The molecule has 0 radical (unpaired) electrons. The predicted molar refractivity (Wildman–Crippen MR) is 75.0 cm³/mol. The number of hydrogen-bond donors (Lipinski definition) is 1. The van der Waals surface area contributed by atoms with E-state index < -0.39 is 11.7 Å². The summed E-state index contributed by atoms with van der Waals surface area (Å²) in [6, 6.07) is 4.27. The Labute approximate surface area is 117 Å². The van der Waals surface area contributed by atoms with Gasteiger partial charge in [-0.15, -0.1) is 0 Å². The van der Waals surface area contributed by atoms with Gasteiger partial charge in [-0.3, -0.25) is 9.48 Å². The number of rotatable bonds is 3. The molecule has 1 aromatic heterocycles. The van der Waals surface area contributed by atoms with E-state index in [-0.39, 0.29) is 11.6 Å². The molecule has 0 aliphatic carbocycles. The summed E-state index contributed by atoms with van der Waals surface area (Å²) in [6.45, 7) is 5.61. The summed E-state index contributed by atoms with van der Waals surface area (Å²) < 4.78 is 15.4. The summed E-state index contributed by atoms with van der Waals surface area (Å²) in [4.78, 5) is 12.1. The number of halogens is 1. The maximum Gasteiger partial charge on any atom is 0.254 e. The molecule has 1 unspecified atom stereocenters. The lowest BCUT2D eigenvalue weighted by Gasteiger charge is -2.14. The number of nitrogens with zero attached hydrogens (tertiary/aromatic N) is 2. The highest BCUT2D eigenvalue weighted by atomic mass is 19.1. The quantitative estimate of drug-likeness (QED) is 0.936. The minimum atomic E-state index is -0.511. The van der Waals surface area contributed by atoms with E-state index >= 15 is 0 Å². The van der Waals surface area contributed by atoms with Crippen molar-refractivity contribution in [3.05, 3.63) is 52.6 Å². The van der Waals surface area contributed by atoms with Crippen LogP contribution in [0.15, 0.2) is 24.4 Å². The van der Waals surface area contributed by atoms with Crippen LogP contribution in [0.1, 0.15) is 40.1 Å². The van der Waals surface area contributed by atoms with E-state index in [1.165, 1.54) is 6.07 Å². The van der Waals surface area contributed by atoms with E-state index in [0.29, 0.717) is 0 Å². The number of aryl methyl sites for hydroxylation is 2. The highest BCUT2D eigenvalue weighted by Crippen LogP contribution is 2.17. The van der Waals surface area contributed by atoms with Crippen LogP contribution in [0.4, 0.5) is 4.39 Å². The molecule has 2 rings (SSSR count). The topological polar surface area (TPSA) is 46.9 Å². The van der Waals surface area contributed by atoms with Crippen LogP contribution in [0.2, 0.25) is 0 Å². The fourth-order valence-corrected chi connectivity index (χ4v) is 2.11. The third-order valence-electron chi connectivity index (χ3n) is 3.45. The molecule has 1 heterocycles. The van der Waals surface area contributed by atoms with Crippen molar-refractivity contribution < 1.29 is 9.18 Å². The van der Waals surface area contributed by atoms with Crippen LogP contribution in [-0.4, -0.2) is 15.7 Å². The average Bonchev–Trinajstić information content (AvgIpc) is 2.73. The maximum atomic E-state index is 13.7. The lowest BCUT2D eigenvalue weighted by molar-refractivity contribution is 0.0935. The molecule has 5 heteroatoms. The lowest BCUT2D eigenvalue weighted by atomic mass is 10.1. The first-order chi connectivity index (χ1) is 9.40. The van der Waals surface area contributed by atoms with Crippen molar-refractivity contribution in [2.45, 2.75) is 26.8 Å². The summed E-state index contributed by atoms with van der Waals surface area (Å²) in [5.74, 6) is -0.926. The van der Waals surface area contributed by atoms with Gasteiger partial charge in [0.2, 0.25) is 0 Å². The van der Waals surface area contributed by atoms with Gasteiger partial charge in [-0.25, -0.2) is 4.39 Å². The van der Waals surface area contributed by atoms with Crippen molar-refractivity contribution in [3.63, 3.8) is 0 Å². The molecule has 4 nitrogen and oxygen atoms in total. The normalized spacial score (nSPS) is 12.2. The fraction of sp³-hybridized carbons (Fsp3) is 0.333. The number of nitrogens with one attached hydrogen (secondary N) is 1. The smallest absolute Gasteiger partial charge is 0.254 e. The van der Waals surface area contributed by atoms with Crippen LogP contribution < -0.4 is 5.32 Å². The van der Waals surface area contributed by atoms with Gasteiger partial charge in [0.05, 0.1) is 17.8 Å². The third kappa shape index (κ3) is 2.71. The molecule has 2 aromatic rings. The first-order valence-corrected chi connectivity index (χ1v) is 6.45. The highest BCUT2D eigenvalue weighted by molar-refractivity contribution is 5.94. The monoisotopic (exact) mass is 275 g/mol. The Morgan fingerprint density at radius 1 is 1.40 bits per heavy atom. The molecule has 1 aromatic carbocycles. The van der Waals surface area contributed by atoms with Gasteiger partial charge in [0.15, 0.2) is 0 Å². The number of aromatic nitrogens is 2. The van der Waals surface area contributed by atoms with Crippen LogP contribution in [0.5, 0.6) is 0 Å². The SMILES string of the molecule is Cc1ccc(F)c(C(=O)NC(C)c2cnn(C)c2C)c1. The Kier molecular flexibility index (Phi) is 3.88. The van der Waals surface area contributed by atoms with E-state index in [2.05, 4.69) is 10.4 Å². The van der Waals surface area contributed by atoms with Crippen LogP contribution in [0.3, 0.4) is 0 Å². The molecule has 106 valence electrons. The van der Waals surface area contributed by atoms with Gasteiger partial charge in [-0.2, -0.15) is 5.10 Å². The largest absolute Gasteiger partial charge is 0.345 e. The summed E-state index contributed by atoms with van der Waals surface area (Å²) in [5.41, 5.74) is 2.82. The van der Waals surface area contributed by atoms with Gasteiger partial charge in [0.25, 0.3) is 5.91 Å². The molecule has 0 bridgehead atoms. The van der Waals surface area contributed by atoms with Crippen LogP contribution in [-0.2, 0) is 7.05 Å². The Balaban J connectivity index is 2.19. The molecule has 0 saturated heterocycles. The standard InChI is InChI=1S/C15H18FN3O/c1-9-5-6-14(16)12(7-9)15(20)18-10(2)13-8-17-19(4)11(13)3/h5-8,10H,1-4H3,(H,18,20). The van der Waals surface area contributed by atoms with E-state index in [1.807, 2.05) is 27.8 Å². The number of carbonyl (C=O) groups excluding carboxylic acids is 1. The first-order valence-electron chi connectivity index (χ1n) is 6.45. The summed E-state index contributed by atoms with van der Waals surface area (Å²) in [6.07, 6.45) is 1.72. The molecular formula is C15H18FN3O. The zero-order valence-electron chi connectivity index (χ0n) is 12.1. The molecule has 0 fully saturated rings. The molecule has 1 N–H and O–H groups in total. The van der Waals surface area contributed by atoms with Crippen molar-refractivity contribution in [1.82, 2.24) is 15.1 Å². The fourth-order valence-electron chi connectivity index (χ4n) is 2.11. The summed E-state index contributed by atoms with van der Waals surface area (Å²) in [5, 5.41) is 6.94. The van der Waals surface area contributed by atoms with Crippen LogP contribution >= 0.6 is 0 Å². The van der Waals surface area contributed by atoms with E-state index in [0.717, 1.165) is 16.8 Å². The average molecular weight is 275 g/mol. The Morgan fingerprint density at radius 2 is 2.10 bits per heavy atom. The second kappa shape index (κ2) is 5.45. The zero-order valence-corrected chi connectivity index (χ0v) is 12.1. The molecule has 1 amide bonds. The molecule has 0 saturated carbocycles. The van der Waals surface area contributed by atoms with E-state index in [9.17, 15) is 9.18 Å². The zero-order chi connectivity index (χ0) is 14.9. The van der Waals surface area contributed by atoms with Gasteiger partial charge in [-0.1, -0.05) is 11.6 Å². The van der Waals surface area contributed by atoms with Crippen molar-refractivity contribution in [1.29, 1.82) is 0 Å². The number of benzene rings is 1. The second-order valence-corrected chi connectivity index (χ2v) is 4.99. The van der Waals surface area contributed by atoms with Crippen LogP contribution in [0, 0.1) is 19.7 Å². The van der Waals surface area contributed by atoms with Crippen LogP contribution in [0.25, 0.3) is 0 Å². The minimum absolute atomic E-state index is 0.0680. The Bertz CT molecular complexity index is 649. The third-order valence-corrected chi connectivity index (χ3v) is 3.45. The molecule has 20 heavy (non-hydrogen) atoms. The lowest BCUT2D eigenvalue weighted by Crippen LogP contribution is -2.27. The summed E-state index contributed by atoms with van der Waals surface area (Å²) >= 11 is 0. The minimum Gasteiger partial charge on any atom is -0.345 e. The number of amides is 1. The second-order valence-electron chi connectivity index (χ2n) is 4.99. The van der Waals surface area contributed by atoms with Gasteiger partial charge in [0.1, 0.15) is 5.82 Å². The molecule has 1 atom stereocenters. The molecular weight excluding hydrogens is 257 g/mol. The number of carbonyl (C=O) groups is 1. The molecule has 0 aliphatic rings. The van der Waals surface area contributed by atoms with Crippen molar-refractivity contribution in [2.75, 3.05) is 0 Å². The molecule has 0 spiro atoms. The first kappa shape index (κ1) is 14.2. The molecule has 0 aliphatic heterocycles. The predicted octanol–water partition coefficient (Wildman–Crippen LogP) is 2.67. The van der Waals surface area contributed by atoms with E-state index in [1.54, 1.807) is 23.0 Å². The summed E-state index contributed by atoms with van der Waals surface area (Å²) in [7, 11) is 1.84. The Hall–Kier alpha value is -2.17.